The molecule has 0 radical (unpaired) electrons. The van der Waals surface area contributed by atoms with E-state index in [1.165, 1.54) is 0 Å². The van der Waals surface area contributed by atoms with Gasteiger partial charge in [0, 0.05) is 0 Å². The Balaban J connectivity index is -0.000000264. The summed E-state index contributed by atoms with van der Waals surface area (Å²) in [6, 6.07) is 0. The maximum Gasteiger partial charge on any atom is -0.0670 e. The van der Waals surface area contributed by atoms with E-state index in [0.29, 0.717) is 13.1 Å². The average Bonchev–Trinajstić information content (AvgIpc) is 2.26. The summed E-state index contributed by atoms with van der Waals surface area (Å²) in [7, 11) is 0. The fourth-order valence-electron chi connectivity index (χ4n) is 0.265. The van der Waals surface area contributed by atoms with Crippen LogP contribution in [-0.4, -0.2) is 24.2 Å². The third-order valence-electron chi connectivity index (χ3n) is 1.13. The van der Waals surface area contributed by atoms with Crippen LogP contribution in [0.5, 0.6) is 0 Å². The number of hydrogen-bond acceptors (Lipinski definition) is 2. The summed E-state index contributed by atoms with van der Waals surface area (Å²) in [5.74, 6) is 0. The third kappa shape index (κ3) is 45.9. The number of nitrogens with zero attached hydrogens (tertiary/aromatic N) is 2. The van der Waals surface area contributed by atoms with Crippen LogP contribution in [0.3, 0.4) is 0 Å². The fourth-order valence-corrected chi connectivity index (χ4v) is 2.17. The van der Waals surface area contributed by atoms with Crippen molar-refractivity contribution in [3.63, 3.8) is 0 Å². The molecule has 0 aliphatic rings. The minimum absolute atomic E-state index is 0.124. The summed E-state index contributed by atoms with van der Waals surface area (Å²) in [6.07, 6.45) is 1.97. The molecule has 0 bridgehead atoms. The van der Waals surface area contributed by atoms with Crippen molar-refractivity contribution < 1.29 is 18.2 Å². The van der Waals surface area contributed by atoms with Crippen molar-refractivity contribution in [2.45, 2.75) is 79.3 Å². The van der Waals surface area contributed by atoms with E-state index in [2.05, 4.69) is 48.5 Å². The van der Waals surface area contributed by atoms with Gasteiger partial charge in [-0.05, 0) is 0 Å². The zero-order valence-corrected chi connectivity index (χ0v) is 17.1. The van der Waals surface area contributed by atoms with E-state index in [-0.39, 0.29) is 11.1 Å². The molecule has 0 heterocycles. The van der Waals surface area contributed by atoms with E-state index < -0.39 is 18.2 Å². The van der Waals surface area contributed by atoms with Crippen molar-refractivity contribution in [2.75, 3.05) is 13.1 Å². The smallest absolute Gasteiger partial charge is 0.0670 e. The molecule has 0 aliphatic carbocycles. The molecule has 0 aromatic rings. The first-order valence-electron chi connectivity index (χ1n) is 6.93. The molecule has 0 aliphatic heterocycles. The molecule has 0 unspecified atom stereocenters. The zero-order valence-electron chi connectivity index (χ0n) is 14.1. The zero-order chi connectivity index (χ0) is 15.9. The van der Waals surface area contributed by atoms with Gasteiger partial charge in [-0.3, -0.25) is 0 Å². The van der Waals surface area contributed by atoms with Gasteiger partial charge in [0.25, 0.3) is 0 Å². The second-order valence-corrected chi connectivity index (χ2v) is 8.00. The van der Waals surface area contributed by atoms with E-state index in [1.807, 2.05) is 13.8 Å². The van der Waals surface area contributed by atoms with E-state index >= 15 is 0 Å². The Hall–Kier alpha value is 0.208. The van der Waals surface area contributed by atoms with Gasteiger partial charge < -0.3 is 11.5 Å². The monoisotopic (exact) mass is 442 g/mol. The molecule has 0 amide bonds. The van der Waals surface area contributed by atoms with Gasteiger partial charge in [-0.1, -0.05) is 26.7 Å². The van der Waals surface area contributed by atoms with Crippen molar-refractivity contribution in [3.05, 3.63) is 11.5 Å². The molecule has 19 heavy (non-hydrogen) atoms. The van der Waals surface area contributed by atoms with Crippen LogP contribution in [-0.2, 0) is 18.2 Å². The predicted molar refractivity (Wildman–Crippen MR) is 83.3 cm³/mol. The first kappa shape index (κ1) is 24.2. The average molecular weight is 442 g/mol. The molecule has 0 spiro atoms. The fraction of sp³-hybridized carbons (Fsp3) is 1.00. The number of rotatable bonds is 2. The van der Waals surface area contributed by atoms with E-state index in [0.717, 1.165) is 12.8 Å². The molecule has 0 aromatic carbocycles. The van der Waals surface area contributed by atoms with Crippen LogP contribution < -0.4 is 0 Å². The van der Waals surface area contributed by atoms with Crippen LogP contribution in [0.2, 0.25) is 0 Å². The van der Waals surface area contributed by atoms with Gasteiger partial charge in [-0.25, -0.2) is 0 Å². The Morgan fingerprint density at radius 2 is 0.947 bits per heavy atom. The molecule has 0 atom stereocenters. The maximum atomic E-state index is 6.45. The van der Waals surface area contributed by atoms with Crippen LogP contribution in [0.1, 0.15) is 68.2 Å². The van der Waals surface area contributed by atoms with Crippen molar-refractivity contribution in [2.24, 2.45) is 6.99 Å². The minimum Gasteiger partial charge on any atom is -0.677 e. The van der Waals surface area contributed by atoms with Crippen LogP contribution >= 0.6 is 0 Å². The van der Waals surface area contributed by atoms with Gasteiger partial charge in [0.05, 0.1) is 0 Å². The predicted octanol–water partition coefficient (Wildman–Crippen LogP) is 5.93. The van der Waals surface area contributed by atoms with Crippen LogP contribution in [0.15, 0.2) is 6.99 Å². The Labute approximate surface area is 129 Å². The third-order valence-corrected chi connectivity index (χ3v) is 5.65. The van der Waals surface area contributed by atoms with Crippen molar-refractivity contribution in [1.29, 1.82) is 0 Å². The van der Waals surface area contributed by atoms with Gasteiger partial charge in [0.2, 0.25) is 0 Å². The molecule has 0 fully saturated rings. The van der Waals surface area contributed by atoms with Crippen molar-refractivity contribution >= 4 is 0 Å². The summed E-state index contributed by atoms with van der Waals surface area (Å²) < 4.78 is 9.08. The largest absolute Gasteiger partial charge is 0.677 e. The van der Waals surface area contributed by atoms with Crippen LogP contribution in [0.4, 0.5) is 0 Å². The Bertz CT molecular complexity index is 207. The maximum absolute atomic E-state index is 6.45. The molecule has 0 rings (SSSR count). The summed E-state index contributed by atoms with van der Waals surface area (Å²) >= 11 is -0.780. The van der Waals surface area contributed by atoms with Crippen LogP contribution in [0, 0.1) is 0 Å². The molecule has 0 aromatic heterocycles. The van der Waals surface area contributed by atoms with E-state index in [1.54, 1.807) is 0 Å². The Morgan fingerprint density at radius 3 is 1.05 bits per heavy atom. The molecule has 0 saturated heterocycles. The molecule has 118 valence electrons. The van der Waals surface area contributed by atoms with Gasteiger partial charge in [-0.15, -0.1) is 0 Å². The SMILES string of the molecule is CC(C)(C)[N]=[W]=[N]C(C)(C)C.CCC[NH-].CCC[NH-]. The molecular formula is C14H34N4W-2. The van der Waals surface area contributed by atoms with Crippen molar-refractivity contribution in [3.8, 4) is 0 Å². The van der Waals surface area contributed by atoms with Gasteiger partial charge >= 0.3 is 77.8 Å². The normalized spacial score (nSPS) is 10.4. The summed E-state index contributed by atoms with van der Waals surface area (Å²) in [5.41, 5.74) is 13.2. The molecular weight excluding hydrogens is 408 g/mol. The summed E-state index contributed by atoms with van der Waals surface area (Å²) in [6.45, 7) is 17.9. The molecule has 4 nitrogen and oxygen atoms in total. The summed E-state index contributed by atoms with van der Waals surface area (Å²) in [5, 5.41) is 0. The summed E-state index contributed by atoms with van der Waals surface area (Å²) in [4.78, 5) is 0. The van der Waals surface area contributed by atoms with Gasteiger partial charge in [-0.2, -0.15) is 13.1 Å². The van der Waals surface area contributed by atoms with Crippen LogP contribution in [0.25, 0.3) is 11.5 Å². The standard InChI is InChI=1S/2C4H9N.2C3H8N.W/c2*1-4(2,3)5;2*1-2-3-4;/h2*1-3H3;2*4H,2-3H2,1H3;/q;;2*-1;. The van der Waals surface area contributed by atoms with Crippen molar-refractivity contribution in [1.82, 2.24) is 0 Å². The second kappa shape index (κ2) is 14.6. The Kier molecular flexibility index (Phi) is 18.6. The molecule has 5 heteroatoms. The molecule has 0 saturated carbocycles. The number of nitrogens with one attached hydrogen (secondary N) is 2. The molecule has 2 N–H and O–H groups in total. The Morgan fingerprint density at radius 1 is 0.737 bits per heavy atom. The van der Waals surface area contributed by atoms with Gasteiger partial charge in [0.1, 0.15) is 0 Å². The van der Waals surface area contributed by atoms with Gasteiger partial charge in [0.15, 0.2) is 0 Å². The minimum atomic E-state index is -0.780. The quantitative estimate of drug-likeness (QED) is 0.509. The topological polar surface area (TPSA) is 72.3 Å². The second-order valence-electron chi connectivity index (χ2n) is 6.11. The first-order chi connectivity index (χ1) is 8.54. The number of hydrogen-bond donors (Lipinski definition) is 0. The first-order valence-corrected chi connectivity index (χ1v) is 9.56. The van der Waals surface area contributed by atoms with E-state index in [4.69, 9.17) is 11.5 Å². The van der Waals surface area contributed by atoms with E-state index in [9.17, 15) is 0 Å².